The molecule has 0 amide bonds. The van der Waals surface area contributed by atoms with Crippen LogP contribution >= 0.6 is 0 Å². The molecule has 0 bridgehead atoms. The Labute approximate surface area is 91.8 Å². The van der Waals surface area contributed by atoms with Crippen molar-refractivity contribution in [1.29, 1.82) is 5.26 Å². The lowest BCUT2D eigenvalue weighted by atomic mass is 10.1. The molecule has 0 aliphatic carbocycles. The van der Waals surface area contributed by atoms with Crippen molar-refractivity contribution < 1.29 is 4.39 Å². The average Bonchev–Trinajstić information content (AvgIpc) is 2.71. The number of aryl methyl sites for hydroxylation is 1. The van der Waals surface area contributed by atoms with Crippen LogP contribution in [0.2, 0.25) is 0 Å². The van der Waals surface area contributed by atoms with E-state index >= 15 is 0 Å². The maximum atomic E-state index is 13.3. The molecule has 1 aromatic heterocycles. The molecule has 0 saturated carbocycles. The normalized spacial score (nSPS) is 10.1. The van der Waals surface area contributed by atoms with E-state index in [-0.39, 0.29) is 12.2 Å². The zero-order valence-corrected chi connectivity index (χ0v) is 8.66. The summed E-state index contributed by atoms with van der Waals surface area (Å²) in [5.74, 6) is 0.603. The van der Waals surface area contributed by atoms with Gasteiger partial charge in [0.1, 0.15) is 11.6 Å². The Morgan fingerprint density at radius 1 is 1.50 bits per heavy atom. The predicted octanol–water partition coefficient (Wildman–Crippen LogP) is 1.99. The molecule has 0 aliphatic heterocycles. The van der Waals surface area contributed by atoms with Crippen molar-refractivity contribution in [2.24, 2.45) is 0 Å². The average molecular weight is 216 g/mol. The third-order valence-electron chi connectivity index (χ3n) is 2.21. The Bertz CT molecular complexity index is 553. The van der Waals surface area contributed by atoms with Crippen LogP contribution in [0.25, 0.3) is 11.4 Å². The van der Waals surface area contributed by atoms with Gasteiger partial charge in [-0.15, -0.1) is 0 Å². The summed E-state index contributed by atoms with van der Waals surface area (Å²) in [5.41, 5.74) is 1.18. The molecule has 0 fully saturated rings. The Balaban J connectivity index is 2.36. The van der Waals surface area contributed by atoms with Gasteiger partial charge in [0.25, 0.3) is 0 Å². The number of rotatable bonds is 2. The summed E-state index contributed by atoms with van der Waals surface area (Å²) in [6.07, 6.45) is 0.168. The highest BCUT2D eigenvalue weighted by atomic mass is 19.1. The fourth-order valence-corrected chi connectivity index (χ4v) is 1.31. The predicted molar refractivity (Wildman–Crippen MR) is 55.8 cm³/mol. The van der Waals surface area contributed by atoms with Crippen LogP contribution in [-0.4, -0.2) is 15.2 Å². The second kappa shape index (κ2) is 4.11. The molecule has 1 aromatic carbocycles. The molecule has 2 rings (SSSR count). The van der Waals surface area contributed by atoms with Crippen molar-refractivity contribution in [2.75, 3.05) is 0 Å². The topological polar surface area (TPSA) is 65.4 Å². The summed E-state index contributed by atoms with van der Waals surface area (Å²) in [4.78, 5) is 4.09. The van der Waals surface area contributed by atoms with Gasteiger partial charge < -0.3 is 0 Å². The highest BCUT2D eigenvalue weighted by Crippen LogP contribution is 2.18. The van der Waals surface area contributed by atoms with Crippen molar-refractivity contribution in [2.45, 2.75) is 13.3 Å². The number of hydrogen-bond donors (Lipinski definition) is 1. The van der Waals surface area contributed by atoms with E-state index in [9.17, 15) is 4.39 Å². The van der Waals surface area contributed by atoms with Crippen LogP contribution in [0.3, 0.4) is 0 Å². The van der Waals surface area contributed by atoms with Gasteiger partial charge in [-0.05, 0) is 18.6 Å². The molecular weight excluding hydrogens is 207 g/mol. The van der Waals surface area contributed by atoms with Gasteiger partial charge in [0, 0.05) is 5.56 Å². The largest absolute Gasteiger partial charge is 0.262 e. The van der Waals surface area contributed by atoms with Crippen molar-refractivity contribution >= 4 is 0 Å². The molecule has 80 valence electrons. The summed E-state index contributed by atoms with van der Waals surface area (Å²) < 4.78 is 13.3. The van der Waals surface area contributed by atoms with Gasteiger partial charge in [0.2, 0.25) is 0 Å². The summed E-state index contributed by atoms with van der Waals surface area (Å²) in [7, 11) is 0. The van der Waals surface area contributed by atoms with Gasteiger partial charge in [-0.25, -0.2) is 9.37 Å². The summed E-state index contributed by atoms with van der Waals surface area (Å²) in [6.45, 7) is 1.69. The molecule has 0 atom stereocenters. The summed E-state index contributed by atoms with van der Waals surface area (Å²) in [6, 6.07) is 6.76. The van der Waals surface area contributed by atoms with E-state index in [2.05, 4.69) is 15.2 Å². The maximum Gasteiger partial charge on any atom is 0.181 e. The standard InChI is InChI=1S/C11H9FN4/c1-7-2-3-8(6-9(7)12)11-14-10(4-5-13)15-16-11/h2-3,6H,4H2,1H3,(H,14,15,16). The molecule has 4 nitrogen and oxygen atoms in total. The Hall–Kier alpha value is -2.22. The smallest absolute Gasteiger partial charge is 0.181 e. The quantitative estimate of drug-likeness (QED) is 0.834. The van der Waals surface area contributed by atoms with E-state index in [0.717, 1.165) is 0 Å². The van der Waals surface area contributed by atoms with Crippen LogP contribution in [-0.2, 0) is 6.42 Å². The molecule has 2 aromatic rings. The summed E-state index contributed by atoms with van der Waals surface area (Å²) >= 11 is 0. The highest BCUT2D eigenvalue weighted by Gasteiger charge is 2.07. The lowest BCUT2D eigenvalue weighted by molar-refractivity contribution is 0.619. The number of benzene rings is 1. The van der Waals surface area contributed by atoms with Crippen LogP contribution in [0.1, 0.15) is 11.4 Å². The fraction of sp³-hybridized carbons (Fsp3) is 0.182. The van der Waals surface area contributed by atoms with Gasteiger partial charge in [0.15, 0.2) is 5.82 Å². The Kier molecular flexibility index (Phi) is 2.64. The van der Waals surface area contributed by atoms with Crippen LogP contribution in [0.4, 0.5) is 4.39 Å². The first-order chi connectivity index (χ1) is 7.70. The van der Waals surface area contributed by atoms with E-state index in [1.54, 1.807) is 19.1 Å². The molecule has 1 heterocycles. The van der Waals surface area contributed by atoms with Crippen LogP contribution < -0.4 is 0 Å². The minimum absolute atomic E-state index is 0.168. The molecule has 1 N–H and O–H groups in total. The van der Waals surface area contributed by atoms with Crippen molar-refractivity contribution in [1.82, 2.24) is 15.2 Å². The third kappa shape index (κ3) is 1.91. The molecule has 0 spiro atoms. The number of aromatic nitrogens is 3. The Morgan fingerprint density at radius 2 is 2.31 bits per heavy atom. The van der Waals surface area contributed by atoms with Gasteiger partial charge in [0.05, 0.1) is 12.5 Å². The van der Waals surface area contributed by atoms with Crippen molar-refractivity contribution in [3.63, 3.8) is 0 Å². The number of nitrogens with zero attached hydrogens (tertiary/aromatic N) is 3. The van der Waals surface area contributed by atoms with Gasteiger partial charge >= 0.3 is 0 Å². The van der Waals surface area contributed by atoms with Crippen LogP contribution in [0, 0.1) is 24.1 Å². The molecule has 0 aliphatic rings. The first-order valence-electron chi connectivity index (χ1n) is 4.75. The first-order valence-corrected chi connectivity index (χ1v) is 4.75. The highest BCUT2D eigenvalue weighted by molar-refractivity contribution is 5.55. The van der Waals surface area contributed by atoms with Gasteiger partial charge in [-0.3, -0.25) is 5.10 Å². The fourth-order valence-electron chi connectivity index (χ4n) is 1.31. The second-order valence-corrected chi connectivity index (χ2v) is 3.40. The Morgan fingerprint density at radius 3 is 3.00 bits per heavy atom. The van der Waals surface area contributed by atoms with Gasteiger partial charge in [-0.2, -0.15) is 10.4 Å². The number of nitriles is 1. The van der Waals surface area contributed by atoms with E-state index in [0.29, 0.717) is 22.8 Å². The zero-order valence-electron chi connectivity index (χ0n) is 8.66. The third-order valence-corrected chi connectivity index (χ3v) is 2.21. The minimum Gasteiger partial charge on any atom is -0.262 e. The molecule has 0 unspecified atom stereocenters. The van der Waals surface area contributed by atoms with E-state index in [1.807, 2.05) is 6.07 Å². The lowest BCUT2D eigenvalue weighted by Crippen LogP contribution is -1.86. The molecule has 0 radical (unpaired) electrons. The van der Waals surface area contributed by atoms with Crippen LogP contribution in [0.15, 0.2) is 18.2 Å². The first kappa shape index (κ1) is 10.3. The molecule has 16 heavy (non-hydrogen) atoms. The number of halogens is 1. The monoisotopic (exact) mass is 216 g/mol. The summed E-state index contributed by atoms with van der Waals surface area (Å²) in [5, 5.41) is 15.0. The van der Waals surface area contributed by atoms with Crippen molar-refractivity contribution in [3.05, 3.63) is 35.4 Å². The van der Waals surface area contributed by atoms with Crippen LogP contribution in [0.5, 0.6) is 0 Å². The SMILES string of the molecule is Cc1ccc(-c2n[nH]c(CC#N)n2)cc1F. The number of hydrogen-bond acceptors (Lipinski definition) is 3. The number of nitrogens with one attached hydrogen (secondary N) is 1. The second-order valence-electron chi connectivity index (χ2n) is 3.40. The molecule has 0 saturated heterocycles. The van der Waals surface area contributed by atoms with E-state index in [1.165, 1.54) is 6.07 Å². The van der Waals surface area contributed by atoms with Gasteiger partial charge in [-0.1, -0.05) is 12.1 Å². The van der Waals surface area contributed by atoms with E-state index in [4.69, 9.17) is 5.26 Å². The number of aromatic amines is 1. The minimum atomic E-state index is -0.288. The lowest BCUT2D eigenvalue weighted by Gasteiger charge is -1.98. The molecule has 5 heteroatoms. The van der Waals surface area contributed by atoms with E-state index < -0.39 is 0 Å². The molecular formula is C11H9FN4. The van der Waals surface area contributed by atoms with Crippen molar-refractivity contribution in [3.8, 4) is 17.5 Å². The maximum absolute atomic E-state index is 13.3. The zero-order chi connectivity index (χ0) is 11.5. The number of H-pyrrole nitrogens is 1.